The summed E-state index contributed by atoms with van der Waals surface area (Å²) in [6, 6.07) is 2.94. The summed E-state index contributed by atoms with van der Waals surface area (Å²) in [4.78, 5) is 28.7. The monoisotopic (exact) mass is 570 g/mol. The Balaban J connectivity index is 1.79. The molecule has 0 atom stereocenters. The third kappa shape index (κ3) is 6.12. The zero-order chi connectivity index (χ0) is 29.1. The van der Waals surface area contributed by atoms with E-state index in [0.717, 1.165) is 18.2 Å². The van der Waals surface area contributed by atoms with E-state index in [1.54, 1.807) is 11.0 Å². The van der Waals surface area contributed by atoms with Crippen molar-refractivity contribution in [3.63, 3.8) is 0 Å². The molecule has 1 aromatic rings. The Morgan fingerprint density at radius 3 is 2.51 bits per heavy atom. The van der Waals surface area contributed by atoms with Crippen LogP contribution in [0.3, 0.4) is 0 Å². The first-order valence-corrected chi connectivity index (χ1v) is 12.5. The van der Waals surface area contributed by atoms with Crippen molar-refractivity contribution in [1.82, 2.24) is 9.80 Å². The van der Waals surface area contributed by atoms with E-state index in [-0.39, 0.29) is 16.7 Å². The molecule has 210 valence electrons. The van der Waals surface area contributed by atoms with E-state index in [4.69, 9.17) is 17.5 Å². The number of benzene rings is 1. The second-order valence-corrected chi connectivity index (χ2v) is 10.00. The summed E-state index contributed by atoms with van der Waals surface area (Å²) in [5.41, 5.74) is -4.87. The van der Waals surface area contributed by atoms with Gasteiger partial charge in [0, 0.05) is 25.2 Å². The van der Waals surface area contributed by atoms with Crippen LogP contribution in [-0.2, 0) is 15.8 Å². The number of amides is 2. The number of nitrogens with zero attached hydrogens (tertiary/aromatic N) is 4. The van der Waals surface area contributed by atoms with Crippen LogP contribution in [0.4, 0.5) is 27.6 Å². The van der Waals surface area contributed by atoms with Crippen molar-refractivity contribution in [1.29, 1.82) is 5.26 Å². The number of rotatable bonds is 9. The van der Waals surface area contributed by atoms with Gasteiger partial charge in [0.15, 0.2) is 10.9 Å². The van der Waals surface area contributed by atoms with Crippen molar-refractivity contribution in [2.75, 3.05) is 24.7 Å². The van der Waals surface area contributed by atoms with Crippen molar-refractivity contribution in [2.24, 2.45) is 0 Å². The molecule has 1 aromatic carbocycles. The normalized spacial score (nSPS) is 18.2. The molecule has 2 amide bonds. The van der Waals surface area contributed by atoms with Crippen LogP contribution in [0.1, 0.15) is 50.7 Å². The quantitative estimate of drug-likeness (QED) is 0.202. The molecule has 2 aliphatic heterocycles. The number of β-amino-alcohol motifs (C(OH)–C–C–N with tert-alkyl or cyclic N) is 1. The highest BCUT2D eigenvalue weighted by molar-refractivity contribution is 7.80. The Labute approximate surface area is 227 Å². The summed E-state index contributed by atoms with van der Waals surface area (Å²) in [6.07, 6.45) is 0.678. The number of hydrogen-bond acceptors (Lipinski definition) is 5. The molecule has 1 N–H and O–H groups in total. The molecule has 2 heterocycles. The first-order valence-electron chi connectivity index (χ1n) is 12.1. The third-order valence-corrected chi connectivity index (χ3v) is 6.86. The zero-order valence-electron chi connectivity index (χ0n) is 21.3. The van der Waals surface area contributed by atoms with Gasteiger partial charge >= 0.3 is 6.18 Å². The fourth-order valence-electron chi connectivity index (χ4n) is 4.42. The molecule has 0 aliphatic carbocycles. The fraction of sp³-hybridized carbons (Fsp3) is 0.462. The van der Waals surface area contributed by atoms with E-state index in [1.807, 2.05) is 0 Å². The maximum Gasteiger partial charge on any atom is 0.420 e. The second kappa shape index (κ2) is 11.8. The van der Waals surface area contributed by atoms with Gasteiger partial charge < -0.3 is 14.9 Å². The van der Waals surface area contributed by atoms with Crippen LogP contribution in [0.25, 0.3) is 0 Å². The number of thiocarbonyl (C=S) groups is 1. The number of aliphatic hydroxyl groups excluding tert-OH is 1. The van der Waals surface area contributed by atoms with Gasteiger partial charge in [-0.15, -0.1) is 0 Å². The number of aliphatic hydroxyl groups is 1. The lowest BCUT2D eigenvalue weighted by Gasteiger charge is -2.35. The number of alkyl halides is 4. The van der Waals surface area contributed by atoms with Gasteiger partial charge in [-0.05, 0) is 69.6 Å². The lowest BCUT2D eigenvalue weighted by Crippen LogP contribution is -2.53. The van der Waals surface area contributed by atoms with Crippen LogP contribution < -0.4 is 4.90 Å². The highest BCUT2D eigenvalue weighted by atomic mass is 32.1. The number of carbonyl (C=O) groups excluding carboxylic acids is 2. The van der Waals surface area contributed by atoms with Crippen molar-refractivity contribution in [2.45, 2.75) is 57.3 Å². The molecule has 0 aromatic heterocycles. The van der Waals surface area contributed by atoms with Crippen molar-refractivity contribution in [3.8, 4) is 6.07 Å². The van der Waals surface area contributed by atoms with E-state index in [0.29, 0.717) is 43.7 Å². The third-order valence-electron chi connectivity index (χ3n) is 6.49. The van der Waals surface area contributed by atoms with E-state index in [2.05, 4.69) is 0 Å². The maximum atomic E-state index is 15.1. The Morgan fingerprint density at radius 2 is 1.95 bits per heavy atom. The van der Waals surface area contributed by atoms with Crippen LogP contribution in [0.15, 0.2) is 36.1 Å². The standard InChI is InChI=1S/C26H27F5N4O3S/c1-25(2)23(38)34(19-10-9-16(13-32)21(22(19)28)26(29,30)31)24(39)35(25)17(11-12-27)7-5-3-4-6-8-20(37)33-14-18(36)15-33/h5,7,9-11,18,36H,3-4,6,8,12,14-15H2,1-2H3/b7-5-,17-11+. The molecule has 0 saturated carbocycles. The average molecular weight is 571 g/mol. The number of allylic oxidation sites excluding steroid dienone is 3. The minimum atomic E-state index is -5.20. The minimum absolute atomic E-state index is 0.0474. The average Bonchev–Trinajstić information content (AvgIpc) is 3.00. The number of likely N-dealkylation sites (tertiary alicyclic amines) is 1. The second-order valence-electron chi connectivity index (χ2n) is 9.63. The van der Waals surface area contributed by atoms with Crippen LogP contribution >= 0.6 is 12.2 Å². The molecule has 13 heteroatoms. The zero-order valence-corrected chi connectivity index (χ0v) is 22.1. The van der Waals surface area contributed by atoms with E-state index < -0.39 is 53.0 Å². The SMILES string of the molecule is CC1(C)C(=O)N(c2ccc(C#N)c(C(F)(F)F)c2F)C(=S)N1C(/C=C\CCCCC(=O)N1CC(O)C1)=C/CF. The van der Waals surface area contributed by atoms with Crippen molar-refractivity contribution < 1.29 is 36.6 Å². The first kappa shape index (κ1) is 30.2. The highest BCUT2D eigenvalue weighted by Crippen LogP contribution is 2.41. The summed E-state index contributed by atoms with van der Waals surface area (Å²) in [5, 5.41) is 18.0. The number of unbranched alkanes of at least 4 members (excludes halogenated alkanes) is 2. The van der Waals surface area contributed by atoms with Gasteiger partial charge in [-0.2, -0.15) is 18.4 Å². The van der Waals surface area contributed by atoms with Gasteiger partial charge in [0.25, 0.3) is 5.91 Å². The molecule has 2 fully saturated rings. The van der Waals surface area contributed by atoms with Crippen LogP contribution in [-0.4, -0.2) is 63.2 Å². The summed E-state index contributed by atoms with van der Waals surface area (Å²) in [5.74, 6) is -2.70. The summed E-state index contributed by atoms with van der Waals surface area (Å²) >= 11 is 5.38. The molecule has 2 aliphatic rings. The Bertz CT molecular complexity index is 1250. The highest BCUT2D eigenvalue weighted by Gasteiger charge is 2.52. The molecule has 0 unspecified atom stereocenters. The molecule has 0 spiro atoms. The van der Waals surface area contributed by atoms with Crippen molar-refractivity contribution in [3.05, 3.63) is 53.0 Å². The number of anilines is 1. The van der Waals surface area contributed by atoms with Gasteiger partial charge in [-0.3, -0.25) is 14.5 Å². The maximum absolute atomic E-state index is 15.1. The predicted octanol–water partition coefficient (Wildman–Crippen LogP) is 4.60. The van der Waals surface area contributed by atoms with Gasteiger partial charge in [0.05, 0.1) is 23.4 Å². The summed E-state index contributed by atoms with van der Waals surface area (Å²) in [6.45, 7) is 2.57. The number of hydrogen-bond donors (Lipinski definition) is 1. The van der Waals surface area contributed by atoms with E-state index in [9.17, 15) is 32.3 Å². The molecule has 2 saturated heterocycles. The van der Waals surface area contributed by atoms with Gasteiger partial charge in [-0.25, -0.2) is 8.78 Å². The lowest BCUT2D eigenvalue weighted by atomic mass is 10.0. The Kier molecular flexibility index (Phi) is 9.12. The van der Waals surface area contributed by atoms with Gasteiger partial charge in [0.1, 0.15) is 17.8 Å². The molecule has 0 bridgehead atoms. The summed E-state index contributed by atoms with van der Waals surface area (Å²) in [7, 11) is 0. The Morgan fingerprint density at radius 1 is 1.28 bits per heavy atom. The summed E-state index contributed by atoms with van der Waals surface area (Å²) < 4.78 is 69.2. The molecule has 39 heavy (non-hydrogen) atoms. The topological polar surface area (TPSA) is 87.9 Å². The van der Waals surface area contributed by atoms with E-state index >= 15 is 4.39 Å². The largest absolute Gasteiger partial charge is 0.420 e. The van der Waals surface area contributed by atoms with Crippen LogP contribution in [0.5, 0.6) is 0 Å². The first-order chi connectivity index (χ1) is 18.2. The van der Waals surface area contributed by atoms with Gasteiger partial charge in [-0.1, -0.05) is 6.08 Å². The number of nitriles is 1. The molecule has 3 rings (SSSR count). The molecular formula is C26H27F5N4O3S. The smallest absolute Gasteiger partial charge is 0.389 e. The van der Waals surface area contributed by atoms with Crippen LogP contribution in [0.2, 0.25) is 0 Å². The van der Waals surface area contributed by atoms with Gasteiger partial charge in [0.2, 0.25) is 5.91 Å². The Hall–Kier alpha value is -3.37. The fourth-order valence-corrected chi connectivity index (χ4v) is 4.94. The molecule has 0 radical (unpaired) electrons. The van der Waals surface area contributed by atoms with Crippen molar-refractivity contribution >= 4 is 34.8 Å². The number of carbonyl (C=O) groups is 2. The van der Waals surface area contributed by atoms with E-state index in [1.165, 1.54) is 30.9 Å². The number of halogens is 5. The lowest BCUT2D eigenvalue weighted by molar-refractivity contribution is -0.141. The van der Waals surface area contributed by atoms with Crippen LogP contribution in [0, 0.1) is 17.1 Å². The minimum Gasteiger partial charge on any atom is -0.389 e. The predicted molar refractivity (Wildman–Crippen MR) is 136 cm³/mol. The molecular weight excluding hydrogens is 543 g/mol. The molecule has 7 nitrogen and oxygen atoms in total.